The van der Waals surface area contributed by atoms with Crippen molar-refractivity contribution >= 4 is 21.8 Å². The van der Waals surface area contributed by atoms with Crippen LogP contribution in [0.2, 0.25) is 0 Å². The molecule has 98 valence electrons. The van der Waals surface area contributed by atoms with E-state index >= 15 is 0 Å². The highest BCUT2D eigenvalue weighted by Gasteiger charge is 2.38. The average molecular weight is 303 g/mol. The number of carbonyl (C=O) groups excluding carboxylic acids is 1. The van der Waals surface area contributed by atoms with Crippen molar-refractivity contribution in [2.75, 3.05) is 25.0 Å². The largest absolute Gasteiger partial charge is 0.354 e. The number of nitrogens with zero attached hydrogens (tertiary/aromatic N) is 1. The molecule has 0 aromatic rings. The molecule has 3 nitrogen and oxygen atoms in total. The van der Waals surface area contributed by atoms with Crippen LogP contribution in [0.25, 0.3) is 0 Å². The van der Waals surface area contributed by atoms with Gasteiger partial charge in [-0.25, -0.2) is 0 Å². The maximum atomic E-state index is 11.0. The summed E-state index contributed by atoms with van der Waals surface area (Å²) in [7, 11) is 0. The van der Waals surface area contributed by atoms with Gasteiger partial charge < -0.3 is 10.2 Å². The second-order valence-corrected chi connectivity index (χ2v) is 6.30. The highest BCUT2D eigenvalue weighted by Crippen LogP contribution is 2.43. The van der Waals surface area contributed by atoms with Crippen molar-refractivity contribution in [2.45, 2.75) is 45.1 Å². The number of likely N-dealkylation sites (tertiary alicyclic amines) is 1. The van der Waals surface area contributed by atoms with Crippen LogP contribution in [0.1, 0.15) is 39.0 Å². The molecule has 1 N–H and O–H groups in total. The summed E-state index contributed by atoms with van der Waals surface area (Å²) in [5.74, 6) is 0.111. The Hall–Kier alpha value is -0.0900. The lowest BCUT2D eigenvalue weighted by Gasteiger charge is -2.45. The van der Waals surface area contributed by atoms with Crippen LogP contribution in [0.15, 0.2) is 0 Å². The molecular weight excluding hydrogens is 280 g/mol. The fourth-order valence-corrected chi connectivity index (χ4v) is 3.75. The Labute approximate surface area is 112 Å². The van der Waals surface area contributed by atoms with Gasteiger partial charge in [0.1, 0.15) is 0 Å². The van der Waals surface area contributed by atoms with E-state index in [0.29, 0.717) is 11.5 Å². The van der Waals surface area contributed by atoms with Gasteiger partial charge in [0.2, 0.25) is 5.91 Å². The zero-order chi connectivity index (χ0) is 12.3. The van der Waals surface area contributed by atoms with Gasteiger partial charge >= 0.3 is 0 Å². The van der Waals surface area contributed by atoms with Crippen LogP contribution in [-0.2, 0) is 4.79 Å². The van der Waals surface area contributed by atoms with Gasteiger partial charge in [0, 0.05) is 37.9 Å². The van der Waals surface area contributed by atoms with E-state index in [9.17, 15) is 4.79 Å². The lowest BCUT2D eigenvalue weighted by molar-refractivity contribution is -0.120. The van der Waals surface area contributed by atoms with Gasteiger partial charge in [0.05, 0.1) is 0 Å². The average Bonchev–Trinajstić information content (AvgIpc) is 2.25. The molecule has 2 fully saturated rings. The predicted molar refractivity (Wildman–Crippen MR) is 73.4 cm³/mol. The minimum Gasteiger partial charge on any atom is -0.354 e. The van der Waals surface area contributed by atoms with E-state index < -0.39 is 0 Å². The highest BCUT2D eigenvalue weighted by molar-refractivity contribution is 9.09. The Balaban J connectivity index is 1.73. The Morgan fingerprint density at radius 2 is 2.06 bits per heavy atom. The molecule has 1 saturated carbocycles. The molecule has 0 bridgehead atoms. The smallest absolute Gasteiger partial charge is 0.217 e. The molecule has 1 saturated heterocycles. The van der Waals surface area contributed by atoms with Crippen LogP contribution in [0.3, 0.4) is 0 Å². The summed E-state index contributed by atoms with van der Waals surface area (Å²) in [4.78, 5) is 13.6. The third-order valence-electron chi connectivity index (χ3n) is 4.25. The molecule has 2 aliphatic rings. The van der Waals surface area contributed by atoms with Crippen molar-refractivity contribution in [1.29, 1.82) is 0 Å². The number of rotatable bonds is 4. The Morgan fingerprint density at radius 1 is 1.41 bits per heavy atom. The summed E-state index contributed by atoms with van der Waals surface area (Å²) in [5.41, 5.74) is 0.556. The second kappa shape index (κ2) is 5.70. The summed E-state index contributed by atoms with van der Waals surface area (Å²) >= 11 is 3.67. The topological polar surface area (TPSA) is 32.3 Å². The first kappa shape index (κ1) is 13.3. The zero-order valence-electron chi connectivity index (χ0n) is 10.7. The van der Waals surface area contributed by atoms with Crippen LogP contribution in [-0.4, -0.2) is 41.8 Å². The predicted octanol–water partition coefficient (Wildman–Crippen LogP) is 2.15. The molecule has 1 aliphatic heterocycles. The zero-order valence-corrected chi connectivity index (χ0v) is 12.3. The van der Waals surface area contributed by atoms with Crippen LogP contribution in [0, 0.1) is 5.41 Å². The van der Waals surface area contributed by atoms with Crippen molar-refractivity contribution in [3.8, 4) is 0 Å². The number of hydrogen-bond donors (Lipinski definition) is 1. The van der Waals surface area contributed by atoms with Crippen LogP contribution in [0.5, 0.6) is 0 Å². The van der Waals surface area contributed by atoms with E-state index in [1.54, 1.807) is 6.92 Å². The van der Waals surface area contributed by atoms with E-state index in [1.807, 2.05) is 0 Å². The van der Waals surface area contributed by atoms with Gasteiger partial charge in [-0.05, 0) is 31.1 Å². The summed E-state index contributed by atoms with van der Waals surface area (Å²) in [6.45, 7) is 5.13. The minimum absolute atomic E-state index is 0.111. The van der Waals surface area contributed by atoms with Gasteiger partial charge in [-0.3, -0.25) is 4.79 Å². The van der Waals surface area contributed by atoms with Crippen molar-refractivity contribution in [1.82, 2.24) is 10.2 Å². The Kier molecular flexibility index (Phi) is 4.47. The maximum absolute atomic E-state index is 11.0. The molecule has 0 atom stereocenters. The van der Waals surface area contributed by atoms with Crippen molar-refractivity contribution in [3.05, 3.63) is 0 Å². The first-order valence-electron chi connectivity index (χ1n) is 6.69. The van der Waals surface area contributed by atoms with E-state index in [2.05, 4.69) is 26.1 Å². The van der Waals surface area contributed by atoms with Crippen LogP contribution in [0.4, 0.5) is 0 Å². The molecule has 2 rings (SSSR count). The number of carbonyl (C=O) groups is 1. The number of alkyl halides is 1. The van der Waals surface area contributed by atoms with Crippen LogP contribution < -0.4 is 5.32 Å². The molecule has 0 unspecified atom stereocenters. The fourth-order valence-electron chi connectivity index (χ4n) is 3.01. The Morgan fingerprint density at radius 3 is 2.47 bits per heavy atom. The van der Waals surface area contributed by atoms with Gasteiger partial charge in [0.25, 0.3) is 0 Å². The van der Waals surface area contributed by atoms with Crippen LogP contribution >= 0.6 is 15.9 Å². The van der Waals surface area contributed by atoms with Crippen molar-refractivity contribution in [2.24, 2.45) is 5.41 Å². The summed E-state index contributed by atoms with van der Waals surface area (Å²) in [6.07, 6.45) is 6.37. The molecule has 17 heavy (non-hydrogen) atoms. The van der Waals surface area contributed by atoms with Gasteiger partial charge in [-0.15, -0.1) is 0 Å². The Bertz CT molecular complexity index is 265. The number of halogens is 1. The summed E-state index contributed by atoms with van der Waals surface area (Å²) in [5, 5.41) is 4.18. The molecule has 0 aromatic heterocycles. The molecule has 1 aliphatic carbocycles. The number of nitrogens with one attached hydrogen (secondary N) is 1. The molecule has 0 radical (unpaired) electrons. The molecule has 0 spiro atoms. The third kappa shape index (κ3) is 3.44. The lowest BCUT2D eigenvalue weighted by atomic mass is 9.70. The van der Waals surface area contributed by atoms with Crippen molar-refractivity contribution in [3.63, 3.8) is 0 Å². The highest BCUT2D eigenvalue weighted by atomic mass is 79.9. The molecular formula is C13H23BrN2O. The van der Waals surface area contributed by atoms with E-state index in [0.717, 1.165) is 31.3 Å². The van der Waals surface area contributed by atoms with Gasteiger partial charge in [-0.1, -0.05) is 22.4 Å². The van der Waals surface area contributed by atoms with Gasteiger partial charge in [-0.2, -0.15) is 0 Å². The number of hydrogen-bond acceptors (Lipinski definition) is 2. The minimum atomic E-state index is 0.111. The van der Waals surface area contributed by atoms with Gasteiger partial charge in [0.15, 0.2) is 0 Å². The van der Waals surface area contributed by atoms with E-state index in [-0.39, 0.29) is 5.91 Å². The molecule has 1 amide bonds. The lowest BCUT2D eigenvalue weighted by Crippen LogP contribution is -2.49. The maximum Gasteiger partial charge on any atom is 0.217 e. The standard InChI is InChI=1S/C13H23BrN2O/c1-11(17)15-12-3-7-16(8-4-12)10-13(9-14)5-2-6-13/h12H,2-10H2,1H3,(H,15,17). The van der Waals surface area contributed by atoms with E-state index in [4.69, 9.17) is 0 Å². The summed E-state index contributed by atoms with van der Waals surface area (Å²) in [6, 6.07) is 0.407. The molecule has 1 heterocycles. The SMILES string of the molecule is CC(=O)NC1CCN(CC2(CBr)CCC2)CC1. The quantitative estimate of drug-likeness (QED) is 0.807. The number of piperidine rings is 1. The van der Waals surface area contributed by atoms with E-state index in [1.165, 1.54) is 25.8 Å². The third-order valence-corrected chi connectivity index (χ3v) is 5.44. The fraction of sp³-hybridized carbons (Fsp3) is 0.923. The second-order valence-electron chi connectivity index (χ2n) is 5.74. The first-order valence-corrected chi connectivity index (χ1v) is 7.81. The number of amides is 1. The first-order chi connectivity index (χ1) is 8.13. The molecule has 0 aromatic carbocycles. The molecule has 4 heteroatoms. The summed E-state index contributed by atoms with van der Waals surface area (Å²) < 4.78 is 0. The normalized spacial score (nSPS) is 25.3. The monoisotopic (exact) mass is 302 g/mol. The van der Waals surface area contributed by atoms with Crippen molar-refractivity contribution < 1.29 is 4.79 Å².